The average Bonchev–Trinajstić information content (AvgIpc) is 2.41. The largest absolute Gasteiger partial charge is 0.399 e. The molecule has 1 saturated carbocycles. The van der Waals surface area contributed by atoms with Crippen LogP contribution in [0.4, 0.5) is 11.4 Å². The van der Waals surface area contributed by atoms with Gasteiger partial charge in [0.2, 0.25) is 10.0 Å². The van der Waals surface area contributed by atoms with E-state index >= 15 is 0 Å². The van der Waals surface area contributed by atoms with Gasteiger partial charge in [-0.05, 0) is 36.5 Å². The van der Waals surface area contributed by atoms with Gasteiger partial charge in [-0.25, -0.2) is 13.6 Å². The predicted octanol–water partition coefficient (Wildman–Crippen LogP) is 2.54. The quantitative estimate of drug-likeness (QED) is 0.728. The fourth-order valence-corrected chi connectivity index (χ4v) is 3.70. The number of nitrogen functional groups attached to an aromatic ring is 1. The second kappa shape index (κ2) is 6.66. The van der Waals surface area contributed by atoms with E-state index in [1.54, 1.807) is 12.1 Å². The summed E-state index contributed by atoms with van der Waals surface area (Å²) >= 11 is 0. The van der Waals surface area contributed by atoms with Gasteiger partial charge in [-0.3, -0.25) is 0 Å². The van der Waals surface area contributed by atoms with Crippen LogP contribution in [-0.2, 0) is 10.0 Å². The number of hydrogen-bond acceptors (Lipinski definition) is 4. The summed E-state index contributed by atoms with van der Waals surface area (Å²) in [5.41, 5.74) is 6.57. The second-order valence-electron chi connectivity index (χ2n) is 6.14. The van der Waals surface area contributed by atoms with Crippen LogP contribution in [0.5, 0.6) is 0 Å². The monoisotopic (exact) mass is 311 g/mol. The fourth-order valence-electron chi connectivity index (χ4n) is 2.95. The Morgan fingerprint density at radius 2 is 1.90 bits per heavy atom. The summed E-state index contributed by atoms with van der Waals surface area (Å²) in [4.78, 5) is 0.0692. The average molecular weight is 311 g/mol. The maximum Gasteiger partial charge on any atom is 0.240 e. The first kappa shape index (κ1) is 16.1. The van der Waals surface area contributed by atoms with E-state index < -0.39 is 10.0 Å². The van der Waals surface area contributed by atoms with Gasteiger partial charge in [-0.1, -0.05) is 32.6 Å². The predicted molar refractivity (Wildman–Crippen MR) is 86.5 cm³/mol. The molecule has 5 nitrogen and oxygen atoms in total. The first-order valence-corrected chi connectivity index (χ1v) is 9.07. The molecule has 118 valence electrons. The molecule has 0 saturated heterocycles. The van der Waals surface area contributed by atoms with E-state index in [2.05, 4.69) is 12.2 Å². The highest BCUT2D eigenvalue weighted by atomic mass is 32.2. The topological polar surface area (TPSA) is 98.2 Å². The Labute approximate surface area is 127 Å². The number of hydrogen-bond donors (Lipinski definition) is 3. The fraction of sp³-hybridized carbons (Fsp3) is 0.600. The van der Waals surface area contributed by atoms with Crippen molar-refractivity contribution in [3.63, 3.8) is 0 Å². The Morgan fingerprint density at radius 1 is 1.24 bits per heavy atom. The minimum Gasteiger partial charge on any atom is -0.399 e. The zero-order valence-corrected chi connectivity index (χ0v) is 13.3. The van der Waals surface area contributed by atoms with Crippen LogP contribution >= 0.6 is 0 Å². The summed E-state index contributed by atoms with van der Waals surface area (Å²) in [5, 5.41) is 8.42. The molecule has 0 atom stereocenters. The first-order chi connectivity index (χ1) is 9.86. The van der Waals surface area contributed by atoms with E-state index in [9.17, 15) is 8.42 Å². The number of sulfonamides is 1. The molecule has 0 bridgehead atoms. The third-order valence-electron chi connectivity index (χ3n) is 4.32. The van der Waals surface area contributed by atoms with Crippen molar-refractivity contribution in [1.29, 1.82) is 0 Å². The first-order valence-electron chi connectivity index (χ1n) is 7.52. The molecular weight excluding hydrogens is 286 g/mol. The lowest BCUT2D eigenvalue weighted by Gasteiger charge is -2.26. The molecule has 2 rings (SSSR count). The molecule has 21 heavy (non-hydrogen) atoms. The lowest BCUT2D eigenvalue weighted by atomic mass is 9.81. The summed E-state index contributed by atoms with van der Waals surface area (Å²) in [5.74, 6) is 1.58. The minimum absolute atomic E-state index is 0.0692. The van der Waals surface area contributed by atoms with Crippen LogP contribution in [0, 0.1) is 11.8 Å². The van der Waals surface area contributed by atoms with E-state index in [-0.39, 0.29) is 4.90 Å². The molecule has 0 spiro atoms. The molecule has 1 aliphatic rings. The highest BCUT2D eigenvalue weighted by molar-refractivity contribution is 7.89. The lowest BCUT2D eigenvalue weighted by molar-refractivity contribution is 0.282. The highest BCUT2D eigenvalue weighted by Crippen LogP contribution is 2.30. The molecule has 1 aromatic rings. The van der Waals surface area contributed by atoms with Gasteiger partial charge in [-0.15, -0.1) is 0 Å². The van der Waals surface area contributed by atoms with Crippen molar-refractivity contribution < 1.29 is 8.42 Å². The van der Waals surface area contributed by atoms with Crippen LogP contribution in [-0.4, -0.2) is 15.0 Å². The van der Waals surface area contributed by atoms with E-state index in [1.807, 2.05) is 0 Å². The zero-order chi connectivity index (χ0) is 15.5. The van der Waals surface area contributed by atoms with E-state index in [4.69, 9.17) is 10.9 Å². The van der Waals surface area contributed by atoms with Crippen LogP contribution in [0.2, 0.25) is 0 Å². The van der Waals surface area contributed by atoms with Crippen molar-refractivity contribution in [3.05, 3.63) is 18.2 Å². The number of primary sulfonamides is 1. The van der Waals surface area contributed by atoms with Crippen LogP contribution in [0.25, 0.3) is 0 Å². The molecule has 0 heterocycles. The molecule has 6 heteroatoms. The van der Waals surface area contributed by atoms with Gasteiger partial charge in [0.25, 0.3) is 0 Å². The zero-order valence-electron chi connectivity index (χ0n) is 12.5. The maximum absolute atomic E-state index is 11.6. The molecule has 0 radical (unpaired) electrons. The standard InChI is InChI=1S/C15H25N3O2S/c1-11-2-4-12(5-3-11)8-9-18-14-7-6-13(16)10-15(14)21(17,19)20/h6-7,10-12,18H,2-5,8-9,16H2,1H3,(H2,17,19,20). The molecule has 0 amide bonds. The highest BCUT2D eigenvalue weighted by Gasteiger charge is 2.18. The van der Waals surface area contributed by atoms with E-state index in [0.29, 0.717) is 11.4 Å². The summed E-state index contributed by atoms with van der Waals surface area (Å²) in [6, 6.07) is 4.76. The van der Waals surface area contributed by atoms with Crippen molar-refractivity contribution in [2.24, 2.45) is 17.0 Å². The van der Waals surface area contributed by atoms with Crippen molar-refractivity contribution in [1.82, 2.24) is 0 Å². The van der Waals surface area contributed by atoms with Gasteiger partial charge in [0.05, 0.1) is 5.69 Å². The third kappa shape index (κ3) is 4.61. The number of rotatable bonds is 5. The Morgan fingerprint density at radius 3 is 2.52 bits per heavy atom. The Balaban J connectivity index is 1.94. The summed E-state index contributed by atoms with van der Waals surface area (Å²) in [6.45, 7) is 3.06. The maximum atomic E-state index is 11.6. The number of anilines is 2. The van der Waals surface area contributed by atoms with E-state index in [1.165, 1.54) is 31.7 Å². The van der Waals surface area contributed by atoms with E-state index in [0.717, 1.165) is 24.8 Å². The van der Waals surface area contributed by atoms with Crippen molar-refractivity contribution in [2.45, 2.75) is 43.9 Å². The normalized spacial score (nSPS) is 23.0. The Hall–Kier alpha value is -1.27. The van der Waals surface area contributed by atoms with Gasteiger partial charge >= 0.3 is 0 Å². The summed E-state index contributed by atoms with van der Waals surface area (Å²) in [7, 11) is -3.76. The molecule has 0 aromatic heterocycles. The smallest absolute Gasteiger partial charge is 0.240 e. The van der Waals surface area contributed by atoms with Crippen LogP contribution in [0.1, 0.15) is 39.0 Å². The third-order valence-corrected chi connectivity index (χ3v) is 5.27. The molecule has 1 aliphatic carbocycles. The summed E-state index contributed by atoms with van der Waals surface area (Å²) in [6.07, 6.45) is 6.20. The minimum atomic E-state index is -3.76. The van der Waals surface area contributed by atoms with Crippen molar-refractivity contribution in [2.75, 3.05) is 17.6 Å². The Kier molecular flexibility index (Phi) is 5.11. The number of nitrogens with two attached hydrogens (primary N) is 2. The molecule has 0 unspecified atom stereocenters. The van der Waals surface area contributed by atoms with Crippen LogP contribution in [0.3, 0.4) is 0 Å². The molecule has 1 aromatic carbocycles. The molecule has 1 fully saturated rings. The number of nitrogens with one attached hydrogen (secondary N) is 1. The number of benzene rings is 1. The van der Waals surface area contributed by atoms with Gasteiger partial charge in [0, 0.05) is 12.2 Å². The van der Waals surface area contributed by atoms with Gasteiger partial charge in [-0.2, -0.15) is 0 Å². The van der Waals surface area contributed by atoms with Crippen LogP contribution < -0.4 is 16.2 Å². The second-order valence-corrected chi connectivity index (χ2v) is 7.67. The lowest BCUT2D eigenvalue weighted by Crippen LogP contribution is -2.18. The molecule has 5 N–H and O–H groups in total. The Bertz CT molecular complexity index is 579. The van der Waals surface area contributed by atoms with Crippen molar-refractivity contribution in [3.8, 4) is 0 Å². The van der Waals surface area contributed by atoms with Crippen molar-refractivity contribution >= 4 is 21.4 Å². The molecule has 0 aliphatic heterocycles. The SMILES string of the molecule is CC1CCC(CCNc2ccc(N)cc2S(N)(=O)=O)CC1. The molecular formula is C15H25N3O2S. The van der Waals surface area contributed by atoms with Crippen LogP contribution in [0.15, 0.2) is 23.1 Å². The summed E-state index contributed by atoms with van der Waals surface area (Å²) < 4.78 is 23.2. The van der Waals surface area contributed by atoms with Gasteiger partial charge in [0.15, 0.2) is 0 Å². The van der Waals surface area contributed by atoms with Gasteiger partial charge in [0.1, 0.15) is 4.90 Å². The van der Waals surface area contributed by atoms with Gasteiger partial charge < -0.3 is 11.1 Å².